The lowest BCUT2D eigenvalue weighted by molar-refractivity contribution is -0.243. The van der Waals surface area contributed by atoms with Crippen LogP contribution in [-0.4, -0.2) is 144 Å². The lowest BCUT2D eigenvalue weighted by Gasteiger charge is -2.63. The van der Waals surface area contributed by atoms with Gasteiger partial charge in [-0.2, -0.15) is 0 Å². The van der Waals surface area contributed by atoms with Gasteiger partial charge in [0.15, 0.2) is 6.10 Å². The number of rotatable bonds is 9. The van der Waals surface area contributed by atoms with Crippen molar-refractivity contribution in [2.45, 2.75) is 92.1 Å². The van der Waals surface area contributed by atoms with Gasteiger partial charge in [0.1, 0.15) is 12.0 Å². The first-order valence-corrected chi connectivity index (χ1v) is 23.5. The molecule has 14 nitrogen and oxygen atoms in total. The Hall–Kier alpha value is -3.89. The molecule has 2 aromatic rings. The molecule has 2 bridgehead atoms. The number of likely N-dealkylation sites (N-methyl/N-ethyl adjacent to an activating group) is 1. The number of esters is 4. The van der Waals surface area contributed by atoms with Crippen molar-refractivity contribution in [2.75, 3.05) is 61.2 Å². The Labute approximate surface area is 393 Å². The number of methoxy groups -OCH3 is 3. The van der Waals surface area contributed by atoms with Crippen LogP contribution in [0.25, 0.3) is 10.9 Å². The van der Waals surface area contributed by atoms with Crippen molar-refractivity contribution in [3.8, 4) is 0 Å². The van der Waals surface area contributed by atoms with E-state index >= 15 is 4.79 Å². The molecular formula is C48H57Cl3N4O10. The minimum atomic E-state index is -2.33. The van der Waals surface area contributed by atoms with Crippen LogP contribution in [0.2, 0.25) is 0 Å². The molecule has 6 heterocycles. The highest BCUT2D eigenvalue weighted by atomic mass is 35.6. The summed E-state index contributed by atoms with van der Waals surface area (Å²) in [5, 5.41) is 14.1. The Bertz CT molecular complexity index is 2460. The summed E-state index contributed by atoms with van der Waals surface area (Å²) in [4.78, 5) is 66.8. The molecule has 7 aliphatic rings. The van der Waals surface area contributed by atoms with Crippen molar-refractivity contribution < 1.29 is 48.0 Å². The smallest absolute Gasteiger partial charge is 0.344 e. The molecule has 2 saturated heterocycles. The minimum Gasteiger partial charge on any atom is -0.468 e. The van der Waals surface area contributed by atoms with E-state index in [9.17, 15) is 19.5 Å². The number of carbonyl (C=O) groups is 4. The molecular weight excluding hydrogens is 899 g/mol. The van der Waals surface area contributed by atoms with Crippen LogP contribution in [0.5, 0.6) is 0 Å². The number of nitrogens with zero attached hydrogens (tertiary/aromatic N) is 3. The summed E-state index contributed by atoms with van der Waals surface area (Å²) in [5.74, 6) is -3.40. The number of fused-ring (bicyclic) bond motifs is 6. The zero-order valence-corrected chi connectivity index (χ0v) is 40.0. The predicted octanol–water partition coefficient (Wildman–Crippen LogP) is 5.92. The van der Waals surface area contributed by atoms with Gasteiger partial charge in [-0.3, -0.25) is 19.4 Å². The molecule has 1 spiro atoms. The maximum absolute atomic E-state index is 15.4. The number of aliphatic hydroxyl groups is 1. The topological polar surface area (TPSA) is 160 Å². The molecule has 2 aliphatic carbocycles. The molecule has 9 rings (SSSR count). The normalized spacial score (nSPS) is 35.9. The summed E-state index contributed by atoms with van der Waals surface area (Å²) in [6, 6.07) is 3.93. The van der Waals surface area contributed by atoms with Crippen molar-refractivity contribution in [1.29, 1.82) is 0 Å². The number of likely N-dealkylation sites (tertiary alicyclic amines) is 1. The highest BCUT2D eigenvalue weighted by Gasteiger charge is 2.81. The first-order valence-electron chi connectivity index (χ1n) is 22.4. The third kappa shape index (κ3) is 6.70. The number of carbonyl (C=O) groups excluding carboxylic acids is 4. The van der Waals surface area contributed by atoms with Gasteiger partial charge in [-0.1, -0.05) is 78.5 Å². The Balaban J connectivity index is 1.30. The fourth-order valence-corrected chi connectivity index (χ4v) is 13.9. The van der Waals surface area contributed by atoms with Crippen LogP contribution in [0, 0.1) is 22.7 Å². The van der Waals surface area contributed by atoms with Gasteiger partial charge >= 0.3 is 23.9 Å². The number of benzene rings is 1. The largest absolute Gasteiger partial charge is 0.468 e. The molecule has 1 saturated carbocycles. The highest BCUT2D eigenvalue weighted by Crippen LogP contribution is 2.70. The lowest BCUT2D eigenvalue weighted by atomic mass is 9.47. The number of hydrogen-bond acceptors (Lipinski definition) is 13. The molecule has 350 valence electrons. The maximum Gasteiger partial charge on any atom is 0.344 e. The SMILES string of the molecule is CCC1=C[C@H]2CN(C1)Cc1c([nH]c3ccc(C(=O)OCC(Cl)(Cl)Cl)cc13)[C@@](C(=O)OC)(C1C=C3C(=CC1OC)N(C)[C@H]1[C@@](O)(C(=O)OC)[C@H](OC(C)=O)[C@]4(CC)C=CCN5CC[C@]31[C@@H]54)C2. The van der Waals surface area contributed by atoms with E-state index in [0.29, 0.717) is 56.7 Å². The second kappa shape index (κ2) is 16.4. The number of hydrogen-bond donors (Lipinski definition) is 2. The van der Waals surface area contributed by atoms with E-state index in [1.807, 2.05) is 37.1 Å². The van der Waals surface area contributed by atoms with Crippen molar-refractivity contribution in [2.24, 2.45) is 22.7 Å². The highest BCUT2D eigenvalue weighted by molar-refractivity contribution is 6.67. The van der Waals surface area contributed by atoms with Crippen LogP contribution in [0.3, 0.4) is 0 Å². The molecule has 1 aromatic heterocycles. The van der Waals surface area contributed by atoms with Crippen molar-refractivity contribution in [3.05, 3.63) is 82.2 Å². The first-order chi connectivity index (χ1) is 30.9. The van der Waals surface area contributed by atoms with Gasteiger partial charge in [-0.05, 0) is 73.6 Å². The molecule has 3 fully saturated rings. The summed E-state index contributed by atoms with van der Waals surface area (Å²) >= 11 is 17.8. The molecule has 0 radical (unpaired) electrons. The van der Waals surface area contributed by atoms with Crippen LogP contribution in [-0.2, 0) is 50.0 Å². The van der Waals surface area contributed by atoms with Crippen LogP contribution < -0.4 is 0 Å². The van der Waals surface area contributed by atoms with Gasteiger partial charge in [0, 0.05) is 92.3 Å². The second-order valence-electron chi connectivity index (χ2n) is 18.9. The van der Waals surface area contributed by atoms with Gasteiger partial charge in [-0.25, -0.2) is 9.59 Å². The molecule has 11 atom stereocenters. The summed E-state index contributed by atoms with van der Waals surface area (Å²) in [5.41, 5.74) is -0.364. The molecule has 0 amide bonds. The number of halogens is 3. The summed E-state index contributed by atoms with van der Waals surface area (Å²) < 4.78 is 27.7. The zero-order valence-electron chi connectivity index (χ0n) is 37.8. The average molecular weight is 956 g/mol. The van der Waals surface area contributed by atoms with Gasteiger partial charge in [-0.15, -0.1) is 0 Å². The van der Waals surface area contributed by atoms with Gasteiger partial charge < -0.3 is 38.7 Å². The van der Waals surface area contributed by atoms with Crippen molar-refractivity contribution in [1.82, 2.24) is 19.7 Å². The van der Waals surface area contributed by atoms with Crippen LogP contribution in [0.1, 0.15) is 68.1 Å². The lowest BCUT2D eigenvalue weighted by Crippen LogP contribution is -2.79. The van der Waals surface area contributed by atoms with E-state index in [1.54, 1.807) is 25.3 Å². The quantitative estimate of drug-likeness (QED) is 0.132. The van der Waals surface area contributed by atoms with E-state index in [4.69, 9.17) is 58.5 Å². The van der Waals surface area contributed by atoms with Gasteiger partial charge in [0.25, 0.3) is 0 Å². The van der Waals surface area contributed by atoms with E-state index in [1.165, 1.54) is 26.7 Å². The summed E-state index contributed by atoms with van der Waals surface area (Å²) in [6.45, 7) is 8.12. The maximum atomic E-state index is 15.4. The van der Waals surface area contributed by atoms with Crippen molar-refractivity contribution >= 4 is 69.6 Å². The van der Waals surface area contributed by atoms with Crippen molar-refractivity contribution in [3.63, 3.8) is 0 Å². The number of alkyl halides is 3. The number of nitrogens with one attached hydrogen (secondary N) is 1. The van der Waals surface area contributed by atoms with E-state index in [-0.39, 0.29) is 17.5 Å². The van der Waals surface area contributed by atoms with Crippen LogP contribution >= 0.6 is 34.8 Å². The third-order valence-corrected chi connectivity index (χ3v) is 16.2. The molecule has 3 unspecified atom stereocenters. The van der Waals surface area contributed by atoms with Gasteiger partial charge in [0.05, 0.1) is 31.9 Å². The third-order valence-electron chi connectivity index (χ3n) is 15.9. The summed E-state index contributed by atoms with van der Waals surface area (Å²) in [6.07, 6.45) is 10.7. The molecule has 1 aromatic carbocycles. The average Bonchev–Trinajstić information content (AvgIpc) is 3.93. The number of aromatic amines is 1. The fourth-order valence-electron chi connectivity index (χ4n) is 13.7. The zero-order chi connectivity index (χ0) is 46.6. The number of aromatic nitrogens is 1. The number of allylic oxidation sites excluding steroid dienone is 1. The number of H-pyrrole nitrogens is 1. The van der Waals surface area contributed by atoms with E-state index in [0.717, 1.165) is 35.2 Å². The Kier molecular flexibility index (Phi) is 11.7. The van der Waals surface area contributed by atoms with Crippen LogP contribution in [0.4, 0.5) is 0 Å². The Morgan fingerprint density at radius 2 is 1.75 bits per heavy atom. The predicted molar refractivity (Wildman–Crippen MR) is 243 cm³/mol. The Morgan fingerprint density at radius 3 is 2.42 bits per heavy atom. The molecule has 17 heteroatoms. The van der Waals surface area contributed by atoms with Crippen LogP contribution in [0.15, 0.2) is 65.4 Å². The fraction of sp³-hybridized carbons (Fsp3) is 0.583. The van der Waals surface area contributed by atoms with E-state index < -0.39 is 80.3 Å². The first kappa shape index (κ1) is 46.2. The minimum absolute atomic E-state index is 0.0648. The second-order valence-corrected chi connectivity index (χ2v) is 21.5. The molecule has 2 N–H and O–H groups in total. The monoisotopic (exact) mass is 954 g/mol. The van der Waals surface area contributed by atoms with E-state index in [2.05, 4.69) is 33.9 Å². The van der Waals surface area contributed by atoms with Gasteiger partial charge in [0.2, 0.25) is 9.39 Å². The summed E-state index contributed by atoms with van der Waals surface area (Å²) in [7, 11) is 6.13. The standard InChI is InChI=1S/C48H57Cl3N4O10/c1-8-27-17-28-21-46(42(58)62-6,37-31(24-54(22-27)23-28)30-18-29(11-12-34(30)52-37)38(57)64-25-47(49,50)51)33-19-32-35(20-36(33)61-5)53(4)40-45(32)14-16-55-15-10-13-44(9-2,39(45)55)41(65-26(3)56)48(40,60)43(59)63-7/h10-13,17-20,28,33,36,39-41,52,60H,8-9,14-16,21-25H2,1-7H3/t28-,33?,36?,39+,40-,41-,44-,45-,46+,48+/m1/s1. The molecule has 65 heavy (non-hydrogen) atoms. The Morgan fingerprint density at radius 1 is 1.00 bits per heavy atom. The number of ether oxygens (including phenoxy) is 5. The molecule has 5 aliphatic heterocycles.